The van der Waals surface area contributed by atoms with E-state index in [9.17, 15) is 27.6 Å². The molecule has 3 fully saturated rings. The lowest BCUT2D eigenvalue weighted by molar-refractivity contribution is -0.138. The molecule has 0 spiro atoms. The zero-order valence-electron chi connectivity index (χ0n) is 26.5. The van der Waals surface area contributed by atoms with Gasteiger partial charge in [-0.2, -0.15) is 31.9 Å². The van der Waals surface area contributed by atoms with Crippen LogP contribution in [-0.2, 0) is 22.3 Å². The standard InChI is InChI=1S/C35H33F3N6O4.H2S/c36-35(37,38)30-18-27(4-1-23(30)19-39)42-12-11-24(20-42)22-2-6-28(7-3-22)48-43-15-13-41(14-16-43)26-5-8-29-25(17-26)21-44(34(29)47)31-9-10-32(45)40-33(31)46;/h1-8,17-18,24,31H,9-16,20-21H2,(H,40,45,46);1H2/t24-,31?;/m1./s1. The molecule has 4 aliphatic heterocycles. The third-order valence-electron chi connectivity index (χ3n) is 9.68. The van der Waals surface area contributed by atoms with Gasteiger partial charge in [0.2, 0.25) is 11.8 Å². The lowest BCUT2D eigenvalue weighted by Crippen LogP contribution is -2.52. The Labute approximate surface area is 288 Å². The summed E-state index contributed by atoms with van der Waals surface area (Å²) in [7, 11) is 0. The van der Waals surface area contributed by atoms with Crippen molar-refractivity contribution in [1.82, 2.24) is 15.3 Å². The van der Waals surface area contributed by atoms with Crippen LogP contribution in [0.5, 0.6) is 5.75 Å². The Balaban J connectivity index is 0.00000417. The predicted octanol–water partition coefficient (Wildman–Crippen LogP) is 4.56. The minimum absolute atomic E-state index is 0. The van der Waals surface area contributed by atoms with E-state index in [0.29, 0.717) is 69.2 Å². The van der Waals surface area contributed by atoms with Crippen LogP contribution in [-0.4, -0.2) is 73.0 Å². The number of nitrogens with zero attached hydrogens (tertiary/aromatic N) is 5. The molecule has 4 aliphatic rings. The molecule has 3 aromatic carbocycles. The molecule has 0 bridgehead atoms. The number of nitriles is 1. The number of alkyl halides is 3. The van der Waals surface area contributed by atoms with Gasteiger partial charge in [0.15, 0.2) is 0 Å². The van der Waals surface area contributed by atoms with Crippen molar-refractivity contribution in [2.75, 3.05) is 49.1 Å². The van der Waals surface area contributed by atoms with Crippen LogP contribution in [0.2, 0.25) is 0 Å². The lowest BCUT2D eigenvalue weighted by atomic mass is 9.98. The highest BCUT2D eigenvalue weighted by molar-refractivity contribution is 7.59. The van der Waals surface area contributed by atoms with Crippen LogP contribution >= 0.6 is 13.5 Å². The second-order valence-electron chi connectivity index (χ2n) is 12.6. The molecule has 7 rings (SSSR count). The molecule has 0 aromatic heterocycles. The van der Waals surface area contributed by atoms with Crippen LogP contribution in [0.15, 0.2) is 60.7 Å². The molecule has 1 N–H and O–H groups in total. The Morgan fingerprint density at radius 3 is 2.27 bits per heavy atom. The summed E-state index contributed by atoms with van der Waals surface area (Å²) in [6, 6.07) is 18.5. The Morgan fingerprint density at radius 2 is 1.57 bits per heavy atom. The first-order valence-corrected chi connectivity index (χ1v) is 16.0. The smallest absolute Gasteiger partial charge is 0.406 e. The van der Waals surface area contributed by atoms with Crippen molar-refractivity contribution >= 4 is 42.6 Å². The number of carbonyl (C=O) groups is 3. The van der Waals surface area contributed by atoms with Gasteiger partial charge in [-0.3, -0.25) is 19.7 Å². The summed E-state index contributed by atoms with van der Waals surface area (Å²) in [5, 5.41) is 13.3. The number of amides is 3. The number of imide groups is 1. The summed E-state index contributed by atoms with van der Waals surface area (Å²) in [4.78, 5) is 48.8. The van der Waals surface area contributed by atoms with Crippen molar-refractivity contribution in [3.63, 3.8) is 0 Å². The number of hydrogen-bond acceptors (Lipinski definition) is 8. The van der Waals surface area contributed by atoms with Crippen LogP contribution in [0, 0.1) is 11.3 Å². The van der Waals surface area contributed by atoms with Crippen molar-refractivity contribution in [2.24, 2.45) is 0 Å². The Bertz CT molecular complexity index is 1810. The van der Waals surface area contributed by atoms with Gasteiger partial charge in [0, 0.05) is 62.0 Å². The number of anilines is 2. The molecule has 1 unspecified atom stereocenters. The molecule has 4 heterocycles. The molecule has 256 valence electrons. The Morgan fingerprint density at radius 1 is 0.857 bits per heavy atom. The predicted molar refractivity (Wildman–Crippen MR) is 179 cm³/mol. The van der Waals surface area contributed by atoms with E-state index in [-0.39, 0.29) is 43.2 Å². The zero-order chi connectivity index (χ0) is 33.6. The average Bonchev–Trinajstić information content (AvgIpc) is 3.70. The SMILES string of the molecule is N#Cc1ccc(N2CC[C@@H](c3ccc(ON4CCN(c5ccc6c(c5)CN(C5CCC(=O)NC5=O)C6=O)CC4)cc3)C2)cc1C(F)(F)F.S. The first kappa shape index (κ1) is 34.1. The fourth-order valence-electron chi connectivity index (χ4n) is 7.07. The van der Waals surface area contributed by atoms with Crippen molar-refractivity contribution in [3.05, 3.63) is 88.5 Å². The highest BCUT2D eigenvalue weighted by Crippen LogP contribution is 2.37. The summed E-state index contributed by atoms with van der Waals surface area (Å²) in [5.41, 5.74) is 2.72. The summed E-state index contributed by atoms with van der Waals surface area (Å²) in [5.74, 6) is -0.0586. The number of hydrogen-bond donors (Lipinski definition) is 1. The van der Waals surface area contributed by atoms with E-state index in [1.807, 2.05) is 52.4 Å². The maximum atomic E-state index is 13.5. The van der Waals surface area contributed by atoms with Gasteiger partial charge in [0.25, 0.3) is 5.91 Å². The van der Waals surface area contributed by atoms with Gasteiger partial charge in [-0.15, -0.1) is 5.06 Å². The van der Waals surface area contributed by atoms with E-state index in [2.05, 4.69) is 10.2 Å². The molecule has 0 saturated carbocycles. The number of halogens is 3. The summed E-state index contributed by atoms with van der Waals surface area (Å²) in [6.07, 6.45) is -3.24. The van der Waals surface area contributed by atoms with Crippen LogP contribution in [0.3, 0.4) is 0 Å². The molecule has 14 heteroatoms. The number of piperazine rings is 1. The third-order valence-corrected chi connectivity index (χ3v) is 9.68. The molecule has 3 saturated heterocycles. The highest BCUT2D eigenvalue weighted by atomic mass is 32.1. The van der Waals surface area contributed by atoms with Crippen LogP contribution < -0.4 is 20.0 Å². The molecule has 3 aromatic rings. The number of nitrogens with one attached hydrogen (secondary N) is 1. The fourth-order valence-corrected chi connectivity index (χ4v) is 7.07. The van der Waals surface area contributed by atoms with Crippen LogP contribution in [0.25, 0.3) is 0 Å². The van der Waals surface area contributed by atoms with Gasteiger partial charge in [-0.05, 0) is 72.5 Å². The van der Waals surface area contributed by atoms with Crippen molar-refractivity contribution in [2.45, 2.75) is 43.9 Å². The number of fused-ring (bicyclic) bond motifs is 1. The zero-order valence-corrected chi connectivity index (χ0v) is 27.5. The quantitative estimate of drug-likeness (QED) is 0.375. The van der Waals surface area contributed by atoms with E-state index in [0.717, 1.165) is 29.3 Å². The molecule has 0 aliphatic carbocycles. The molecular weight excluding hydrogens is 657 g/mol. The third kappa shape index (κ3) is 6.91. The van der Waals surface area contributed by atoms with Gasteiger partial charge in [-0.25, -0.2) is 0 Å². The van der Waals surface area contributed by atoms with Crippen molar-refractivity contribution < 1.29 is 32.4 Å². The first-order valence-electron chi connectivity index (χ1n) is 16.0. The van der Waals surface area contributed by atoms with Gasteiger partial charge in [0.05, 0.1) is 30.3 Å². The maximum absolute atomic E-state index is 13.5. The molecule has 10 nitrogen and oxygen atoms in total. The molecule has 3 amide bonds. The van der Waals surface area contributed by atoms with Crippen molar-refractivity contribution in [3.8, 4) is 11.8 Å². The van der Waals surface area contributed by atoms with E-state index in [1.165, 1.54) is 6.07 Å². The van der Waals surface area contributed by atoms with Crippen LogP contribution in [0.4, 0.5) is 24.5 Å². The average molecular weight is 693 g/mol. The second-order valence-corrected chi connectivity index (χ2v) is 12.6. The summed E-state index contributed by atoms with van der Waals surface area (Å²) in [6.45, 7) is 4.27. The molecule has 49 heavy (non-hydrogen) atoms. The topological polar surface area (TPSA) is 109 Å². The van der Waals surface area contributed by atoms with E-state index >= 15 is 0 Å². The first-order chi connectivity index (χ1) is 23.1. The number of piperidine rings is 1. The monoisotopic (exact) mass is 692 g/mol. The minimum atomic E-state index is -4.59. The number of benzene rings is 3. The second kappa shape index (κ2) is 13.6. The van der Waals surface area contributed by atoms with Crippen LogP contribution in [0.1, 0.15) is 57.8 Å². The maximum Gasteiger partial charge on any atom is 0.417 e. The highest BCUT2D eigenvalue weighted by Gasteiger charge is 2.39. The summed E-state index contributed by atoms with van der Waals surface area (Å²) < 4.78 is 40.4. The van der Waals surface area contributed by atoms with Gasteiger partial charge >= 0.3 is 6.18 Å². The van der Waals surface area contributed by atoms with E-state index in [1.54, 1.807) is 17.0 Å². The fraction of sp³-hybridized carbons (Fsp3) is 0.371. The van der Waals surface area contributed by atoms with E-state index < -0.39 is 23.7 Å². The molecular formula is C35H35F3N6O4S. The molecule has 2 atom stereocenters. The largest absolute Gasteiger partial charge is 0.417 e. The van der Waals surface area contributed by atoms with Crippen molar-refractivity contribution in [1.29, 1.82) is 5.26 Å². The Hall–Kier alpha value is -4.74. The Kier molecular flexibility index (Phi) is 9.50. The minimum Gasteiger partial charge on any atom is -0.406 e. The lowest BCUT2D eigenvalue weighted by Gasteiger charge is -2.35. The van der Waals surface area contributed by atoms with Gasteiger partial charge < -0.3 is 19.5 Å². The van der Waals surface area contributed by atoms with E-state index in [4.69, 9.17) is 10.1 Å². The van der Waals surface area contributed by atoms with Gasteiger partial charge in [0.1, 0.15) is 11.8 Å². The number of carbonyl (C=O) groups excluding carboxylic acids is 3. The number of hydroxylamine groups is 2. The normalized spacial score (nSPS) is 21.3. The summed E-state index contributed by atoms with van der Waals surface area (Å²) >= 11 is 0. The number of rotatable bonds is 6. The molecule has 0 radical (unpaired) electrons. The van der Waals surface area contributed by atoms with Gasteiger partial charge in [-0.1, -0.05) is 12.1 Å².